The third-order valence-corrected chi connectivity index (χ3v) is 19.8. The van der Waals surface area contributed by atoms with Gasteiger partial charge in [0.15, 0.2) is 17.3 Å². The highest BCUT2D eigenvalue weighted by molar-refractivity contribution is 6.34. The molecule has 0 aromatic heterocycles. The van der Waals surface area contributed by atoms with Crippen molar-refractivity contribution < 1.29 is 96.6 Å². The Morgan fingerprint density at radius 3 is 0.675 bits per heavy atom. The maximum atomic E-state index is 14.5. The minimum atomic E-state index is -3.60. The maximum Gasteiger partial charge on any atom is 0.305 e. The molecule has 0 fully saturated rings. The van der Waals surface area contributed by atoms with Gasteiger partial charge < -0.3 is 0 Å². The second-order valence-corrected chi connectivity index (χ2v) is 28.5. The van der Waals surface area contributed by atoms with Crippen molar-refractivity contribution in [2.24, 2.45) is 0 Å². The fraction of sp³-hybridized carbons (Fsp3) is 0.107. The predicted octanol–water partition coefficient (Wildman–Crippen LogP) is 26.3. The third kappa shape index (κ3) is 24.2. The van der Waals surface area contributed by atoms with Crippen LogP contribution in [0.1, 0.15) is 115 Å². The first-order valence-corrected chi connectivity index (χ1v) is 36.7. The zero-order valence-corrected chi connectivity index (χ0v) is 67.9. The Bertz CT molecular complexity index is 5630. The SMILES string of the molecule is Cc1cc(C(=O)c2ccc(Cl)c([N+](=O)[O-])c2)ccc1Cl.Cc1cc(C(=O)c2ccc(F)c([N+](=O)[O-])c2)ccc1Cl.Cc1cc(C(=O)c2ccc(F)c([N+](=O)[O-])c2)ccc1F.Cc1cc(C(F)(F)c2ccc(Cl)c([N+](=O)[O-])c2)ccc1Cl.Cc1cc(C(F)(F)c2ccc(Cl)c([N+](=O)[O-])c2)ccc1F.Cc1cc(C(F)(F)c2ccc(F)c([N+](=O)[O-])c2)ccc1F. The monoisotopic (exact) mass is 1820 g/mol. The molecule has 0 spiro atoms. The Hall–Kier alpha value is -13.1. The molecule has 0 aliphatic carbocycles. The molecule has 12 aromatic rings. The summed E-state index contributed by atoms with van der Waals surface area (Å²) in [5.41, 5.74) is -3.52. The molecule has 0 saturated carbocycles. The van der Waals surface area contributed by atoms with E-state index in [0.29, 0.717) is 49.5 Å². The highest BCUT2D eigenvalue weighted by Crippen LogP contribution is 2.43. The van der Waals surface area contributed by atoms with E-state index in [2.05, 4.69) is 0 Å². The summed E-state index contributed by atoms with van der Waals surface area (Å²) in [4.78, 5) is 95.8. The fourth-order valence-electron chi connectivity index (χ4n) is 10.8. The van der Waals surface area contributed by atoms with Gasteiger partial charge in [0.1, 0.15) is 32.5 Å². The number of ketones is 3. The molecule has 0 N–H and O–H groups in total. The lowest BCUT2D eigenvalue weighted by Crippen LogP contribution is -2.16. The van der Waals surface area contributed by atoms with Crippen LogP contribution in [-0.4, -0.2) is 46.9 Å². The molecule has 0 aliphatic heterocycles. The van der Waals surface area contributed by atoms with Crippen LogP contribution in [0.2, 0.25) is 30.1 Å². The average molecular weight is 1830 g/mol. The average Bonchev–Trinajstić information content (AvgIpc) is 0.797. The van der Waals surface area contributed by atoms with Crippen molar-refractivity contribution in [3.8, 4) is 0 Å². The van der Waals surface area contributed by atoms with Crippen molar-refractivity contribution in [1.82, 2.24) is 0 Å². The van der Waals surface area contributed by atoms with Gasteiger partial charge in [-0.15, -0.1) is 0 Å². The summed E-state index contributed by atoms with van der Waals surface area (Å²) in [5.74, 6) is -16.6. The third-order valence-electron chi connectivity index (χ3n) is 17.6. The van der Waals surface area contributed by atoms with Crippen LogP contribution >= 0.6 is 69.6 Å². The second kappa shape index (κ2) is 41.0. The quantitative estimate of drug-likeness (QED) is 0.0334. The van der Waals surface area contributed by atoms with Crippen LogP contribution in [0.25, 0.3) is 0 Å². The lowest BCUT2D eigenvalue weighted by molar-refractivity contribution is -0.387. The van der Waals surface area contributed by atoms with Gasteiger partial charge in [0, 0.05) is 118 Å². The number of aryl methyl sites for hydroxylation is 6. The standard InChI is InChI=1S/C14H9Cl2F2NO2.C14H9Cl2NO3.C14H9ClF3NO2.C14H9ClFNO3.C14H9F4NO2.C14H9F2NO3/c1-8-6-9(2-4-11(8)15)14(17,18)10-3-5-12(16)13(7-10)19(20)21;1-8-6-9(2-4-11(8)15)14(18)10-3-5-12(16)13(7-10)17(19)20;1-8-6-9(3-5-12(8)16)14(17,18)10-2-4-11(15)13(7-10)19(20)21;1-8-6-9(2-4-11(8)15)14(18)10-3-5-12(16)13(7-10)17(19)20;1-8-6-9(2-4-11(8)15)14(17,18)10-3-5-12(16)13(7-10)19(20)21;1-8-6-9(2-4-11(8)15)14(18)10-3-5-12(16)13(7-10)17(19)20/h2-7H,1H3;2-7H,1H3;2-7H,1H3;2-7H,1H3;2-7H,1H3;2-7H,1H3. The van der Waals surface area contributed by atoms with Crippen molar-refractivity contribution in [3.05, 3.63) is 444 Å². The van der Waals surface area contributed by atoms with E-state index < -0.39 is 150 Å². The number of nitro benzene ring substituents is 6. The van der Waals surface area contributed by atoms with Gasteiger partial charge in [-0.1, -0.05) is 87.8 Å². The minimum absolute atomic E-state index is 0.00108. The number of benzene rings is 12. The predicted molar refractivity (Wildman–Crippen MR) is 435 cm³/mol. The number of rotatable bonds is 18. The van der Waals surface area contributed by atoms with Gasteiger partial charge in [0.2, 0.25) is 17.5 Å². The maximum absolute atomic E-state index is 14.5. The molecule has 0 radical (unpaired) electrons. The first kappa shape index (κ1) is 97.1. The first-order chi connectivity index (χ1) is 57.4. The lowest BCUT2D eigenvalue weighted by Gasteiger charge is -2.18. The number of nitrogens with zero attached hydrogens (tertiary/aromatic N) is 6. The van der Waals surface area contributed by atoms with E-state index in [1.165, 1.54) is 81.4 Å². The van der Waals surface area contributed by atoms with Gasteiger partial charge in [-0.05, 0) is 239 Å². The van der Waals surface area contributed by atoms with Gasteiger partial charge in [-0.2, -0.15) is 39.5 Å². The second-order valence-electron chi connectivity index (χ2n) is 26.0. The Morgan fingerprint density at radius 1 is 0.228 bits per heavy atom. The van der Waals surface area contributed by atoms with Crippen LogP contribution in [0.5, 0.6) is 0 Å². The van der Waals surface area contributed by atoms with Crippen molar-refractivity contribution in [2.45, 2.75) is 59.3 Å². The molecule has 0 amide bonds. The zero-order valence-electron chi connectivity index (χ0n) is 63.4. The molecule has 12 aromatic carbocycles. The highest BCUT2D eigenvalue weighted by atomic mass is 35.5. The molecule has 0 atom stereocenters. The van der Waals surface area contributed by atoms with Crippen LogP contribution in [0.15, 0.2) is 218 Å². The van der Waals surface area contributed by atoms with E-state index in [-0.39, 0.29) is 71.0 Å². The molecule has 0 saturated heterocycles. The fourth-order valence-corrected chi connectivity index (χ4v) is 11.7. The normalized spacial score (nSPS) is 10.9. The van der Waals surface area contributed by atoms with Crippen LogP contribution in [-0.2, 0) is 17.8 Å². The molecular weight excluding hydrogens is 1770 g/mol. The van der Waals surface area contributed by atoms with Crippen LogP contribution < -0.4 is 0 Å². The first-order valence-electron chi connectivity index (χ1n) is 34.4. The van der Waals surface area contributed by atoms with Gasteiger partial charge in [-0.25, -0.2) is 13.2 Å². The summed E-state index contributed by atoms with van der Waals surface area (Å²) >= 11 is 34.5. The Kier molecular flexibility index (Phi) is 32.4. The zero-order chi connectivity index (χ0) is 91.9. The lowest BCUT2D eigenvalue weighted by atomic mass is 9.98. The molecule has 123 heavy (non-hydrogen) atoms. The van der Waals surface area contributed by atoms with Crippen molar-refractivity contribution in [3.63, 3.8) is 0 Å². The number of alkyl halides is 6. The number of carbonyl (C=O) groups is 3. The van der Waals surface area contributed by atoms with E-state index in [0.717, 1.165) is 121 Å². The van der Waals surface area contributed by atoms with E-state index >= 15 is 0 Å². The van der Waals surface area contributed by atoms with Crippen LogP contribution in [0.3, 0.4) is 0 Å². The van der Waals surface area contributed by atoms with E-state index in [1.807, 2.05) is 0 Å². The molecular formula is C84H54Cl6F12N6O15. The Balaban J connectivity index is 0.000000203. The number of hydrogen-bond donors (Lipinski definition) is 0. The number of carbonyl (C=O) groups excluding carboxylic acids is 3. The Morgan fingerprint density at radius 2 is 0.398 bits per heavy atom. The molecule has 0 heterocycles. The summed E-state index contributed by atoms with van der Waals surface area (Å²) in [6.45, 7) is 9.31. The minimum Gasteiger partial charge on any atom is -0.289 e. The van der Waals surface area contributed by atoms with E-state index in [1.54, 1.807) is 51.1 Å². The Labute approximate surface area is 717 Å². The molecule has 21 nitrogen and oxygen atoms in total. The number of halogens is 18. The van der Waals surface area contributed by atoms with Crippen LogP contribution in [0, 0.1) is 137 Å². The van der Waals surface area contributed by atoms with Crippen LogP contribution in [0.4, 0.5) is 86.8 Å². The molecule has 0 unspecified atom stereocenters. The number of hydrogen-bond acceptors (Lipinski definition) is 15. The summed E-state index contributed by atoms with van der Waals surface area (Å²) < 4.78 is 165. The summed E-state index contributed by atoms with van der Waals surface area (Å²) in [7, 11) is 0. The summed E-state index contributed by atoms with van der Waals surface area (Å²) in [6.07, 6.45) is 0. The van der Waals surface area contributed by atoms with Crippen molar-refractivity contribution >= 4 is 121 Å². The van der Waals surface area contributed by atoms with E-state index in [9.17, 15) is 128 Å². The molecule has 12 rings (SSSR count). The largest absolute Gasteiger partial charge is 0.305 e. The topological polar surface area (TPSA) is 310 Å². The smallest absolute Gasteiger partial charge is 0.289 e. The summed E-state index contributed by atoms with van der Waals surface area (Å²) in [5, 5.41) is 65.3. The molecule has 39 heteroatoms. The van der Waals surface area contributed by atoms with Gasteiger partial charge in [-0.3, -0.25) is 75.1 Å². The van der Waals surface area contributed by atoms with Gasteiger partial charge >= 0.3 is 17.1 Å². The van der Waals surface area contributed by atoms with E-state index in [4.69, 9.17) is 69.6 Å². The molecule has 0 aliphatic rings. The molecule has 0 bridgehead atoms. The van der Waals surface area contributed by atoms with Gasteiger partial charge in [0.05, 0.1) is 29.5 Å². The number of nitro groups is 6. The van der Waals surface area contributed by atoms with Gasteiger partial charge in [0.25, 0.3) is 34.8 Å². The summed E-state index contributed by atoms with van der Waals surface area (Å²) in [6, 6.07) is 40.2. The molecule has 636 valence electrons. The van der Waals surface area contributed by atoms with Crippen molar-refractivity contribution in [2.75, 3.05) is 0 Å². The highest BCUT2D eigenvalue weighted by Gasteiger charge is 2.39. The van der Waals surface area contributed by atoms with Crippen molar-refractivity contribution in [1.29, 1.82) is 0 Å².